The van der Waals surface area contributed by atoms with Crippen LogP contribution in [0.3, 0.4) is 0 Å². The minimum absolute atomic E-state index is 0.0526. The summed E-state index contributed by atoms with van der Waals surface area (Å²) in [6.07, 6.45) is 0. The fraction of sp³-hybridized carbons (Fsp3) is 0.158. The van der Waals surface area contributed by atoms with Crippen molar-refractivity contribution in [2.45, 2.75) is 4.90 Å². The number of hydrogen-bond donors (Lipinski definition) is 1. The van der Waals surface area contributed by atoms with Crippen LogP contribution in [0.25, 0.3) is 10.6 Å². The highest BCUT2D eigenvalue weighted by molar-refractivity contribution is 7.89. The molecule has 0 spiro atoms. The quantitative estimate of drug-likeness (QED) is 0.665. The van der Waals surface area contributed by atoms with E-state index in [1.165, 1.54) is 50.7 Å². The van der Waals surface area contributed by atoms with E-state index < -0.39 is 15.9 Å². The number of amides is 1. The van der Waals surface area contributed by atoms with Crippen molar-refractivity contribution in [1.29, 1.82) is 0 Å². The summed E-state index contributed by atoms with van der Waals surface area (Å²) in [6.45, 7) is 0. The van der Waals surface area contributed by atoms with E-state index in [0.29, 0.717) is 5.75 Å². The smallest absolute Gasteiger partial charge is 0.275 e. The second-order valence-electron chi connectivity index (χ2n) is 6.01. The molecule has 9 heteroatoms. The van der Waals surface area contributed by atoms with Gasteiger partial charge in [-0.2, -0.15) is 0 Å². The molecule has 0 atom stereocenters. The van der Waals surface area contributed by atoms with Crippen molar-refractivity contribution in [2.75, 3.05) is 26.5 Å². The summed E-state index contributed by atoms with van der Waals surface area (Å²) < 4.78 is 31.1. The average Bonchev–Trinajstić information content (AvgIpc) is 3.19. The second kappa shape index (κ2) is 8.09. The van der Waals surface area contributed by atoms with Gasteiger partial charge in [-0.1, -0.05) is 30.3 Å². The third kappa shape index (κ3) is 4.06. The summed E-state index contributed by atoms with van der Waals surface area (Å²) in [7, 11) is 0.687. The minimum atomic E-state index is -3.64. The zero-order valence-electron chi connectivity index (χ0n) is 15.5. The lowest BCUT2D eigenvalue weighted by Gasteiger charge is -2.14. The SMILES string of the molecule is COc1ccc(S(=O)(=O)N(C)C)cc1NC(=O)c1csc(-c2ccccc2)n1. The molecule has 0 saturated heterocycles. The molecule has 28 heavy (non-hydrogen) atoms. The molecule has 1 heterocycles. The van der Waals surface area contributed by atoms with Crippen molar-refractivity contribution in [3.05, 3.63) is 59.6 Å². The van der Waals surface area contributed by atoms with E-state index in [4.69, 9.17) is 4.74 Å². The van der Waals surface area contributed by atoms with Crippen LogP contribution in [-0.2, 0) is 10.0 Å². The van der Waals surface area contributed by atoms with Gasteiger partial charge < -0.3 is 10.1 Å². The van der Waals surface area contributed by atoms with Crippen LogP contribution in [0.2, 0.25) is 0 Å². The first-order valence-corrected chi connectivity index (χ1v) is 10.6. The van der Waals surface area contributed by atoms with Gasteiger partial charge in [0, 0.05) is 25.0 Å². The van der Waals surface area contributed by atoms with E-state index >= 15 is 0 Å². The normalized spacial score (nSPS) is 11.4. The number of nitrogens with zero attached hydrogens (tertiary/aromatic N) is 2. The van der Waals surface area contributed by atoms with Gasteiger partial charge in [-0.25, -0.2) is 17.7 Å². The Bertz CT molecular complexity index is 1090. The molecule has 3 aromatic rings. The summed E-state index contributed by atoms with van der Waals surface area (Å²) in [5.41, 5.74) is 1.42. The molecule has 0 radical (unpaired) electrons. The van der Waals surface area contributed by atoms with Gasteiger partial charge in [-0.3, -0.25) is 4.79 Å². The summed E-state index contributed by atoms with van der Waals surface area (Å²) in [5, 5.41) is 5.07. The number of carbonyl (C=O) groups is 1. The first-order valence-electron chi connectivity index (χ1n) is 8.26. The lowest BCUT2D eigenvalue weighted by molar-refractivity contribution is 0.102. The van der Waals surface area contributed by atoms with Crippen LogP contribution < -0.4 is 10.1 Å². The molecule has 0 aliphatic rings. The Balaban J connectivity index is 1.89. The maximum atomic E-state index is 12.6. The average molecular weight is 418 g/mol. The summed E-state index contributed by atoms with van der Waals surface area (Å²) >= 11 is 1.36. The van der Waals surface area contributed by atoms with Crippen molar-refractivity contribution in [3.8, 4) is 16.3 Å². The number of rotatable bonds is 6. The van der Waals surface area contributed by atoms with Gasteiger partial charge in [-0.15, -0.1) is 11.3 Å². The van der Waals surface area contributed by atoms with E-state index in [9.17, 15) is 13.2 Å². The molecule has 1 amide bonds. The Morgan fingerprint density at radius 2 is 1.86 bits per heavy atom. The number of hydrogen-bond acceptors (Lipinski definition) is 6. The van der Waals surface area contributed by atoms with Crippen molar-refractivity contribution in [3.63, 3.8) is 0 Å². The van der Waals surface area contributed by atoms with Crippen molar-refractivity contribution >= 4 is 33.0 Å². The first kappa shape index (κ1) is 20.0. The van der Waals surface area contributed by atoms with E-state index in [1.807, 2.05) is 30.3 Å². The maximum absolute atomic E-state index is 12.6. The predicted octanol–water partition coefficient (Wildman–Crippen LogP) is 3.32. The van der Waals surface area contributed by atoms with E-state index in [2.05, 4.69) is 10.3 Å². The van der Waals surface area contributed by atoms with Gasteiger partial charge in [0.15, 0.2) is 0 Å². The van der Waals surface area contributed by atoms with E-state index in [0.717, 1.165) is 14.9 Å². The number of thiazole rings is 1. The largest absolute Gasteiger partial charge is 0.495 e. The number of carbonyl (C=O) groups excluding carboxylic acids is 1. The molecule has 0 aliphatic heterocycles. The fourth-order valence-electron chi connectivity index (χ4n) is 2.43. The number of methoxy groups -OCH3 is 1. The molecule has 0 bridgehead atoms. The fourth-order valence-corrected chi connectivity index (χ4v) is 4.17. The van der Waals surface area contributed by atoms with Crippen LogP contribution >= 0.6 is 11.3 Å². The topological polar surface area (TPSA) is 88.6 Å². The highest BCUT2D eigenvalue weighted by Crippen LogP contribution is 2.29. The van der Waals surface area contributed by atoms with Crippen molar-refractivity contribution < 1.29 is 17.9 Å². The Morgan fingerprint density at radius 1 is 1.14 bits per heavy atom. The van der Waals surface area contributed by atoms with E-state index in [1.54, 1.807) is 5.38 Å². The van der Waals surface area contributed by atoms with Crippen molar-refractivity contribution in [2.24, 2.45) is 0 Å². The van der Waals surface area contributed by atoms with Gasteiger partial charge in [-0.05, 0) is 18.2 Å². The van der Waals surface area contributed by atoms with Crippen molar-refractivity contribution in [1.82, 2.24) is 9.29 Å². The second-order valence-corrected chi connectivity index (χ2v) is 9.02. The Labute approximate surface area is 167 Å². The van der Waals surface area contributed by atoms with Crippen LogP contribution in [-0.4, -0.2) is 44.8 Å². The maximum Gasteiger partial charge on any atom is 0.275 e. The summed E-state index contributed by atoms with van der Waals surface area (Å²) in [4.78, 5) is 17.1. The number of ether oxygens (including phenoxy) is 1. The first-order chi connectivity index (χ1) is 13.3. The highest BCUT2D eigenvalue weighted by Gasteiger charge is 2.21. The van der Waals surface area contributed by atoms with E-state index in [-0.39, 0.29) is 16.3 Å². The molecule has 1 N–H and O–H groups in total. The monoisotopic (exact) mass is 417 g/mol. The Morgan fingerprint density at radius 3 is 2.50 bits per heavy atom. The number of aromatic nitrogens is 1. The van der Waals surface area contributed by atoms with Crippen LogP contribution in [0.5, 0.6) is 5.75 Å². The molecule has 0 aliphatic carbocycles. The standard InChI is InChI=1S/C19H19N3O4S2/c1-22(2)28(24,25)14-9-10-17(26-3)15(11-14)20-18(23)16-12-27-19(21-16)13-7-5-4-6-8-13/h4-12H,1-3H3,(H,20,23). The lowest BCUT2D eigenvalue weighted by atomic mass is 10.2. The van der Waals surface area contributed by atoms with Gasteiger partial charge >= 0.3 is 0 Å². The van der Waals surface area contributed by atoms with Gasteiger partial charge in [0.25, 0.3) is 5.91 Å². The number of anilines is 1. The molecule has 0 saturated carbocycles. The van der Waals surface area contributed by atoms with Crippen LogP contribution in [0.4, 0.5) is 5.69 Å². The Kier molecular flexibility index (Phi) is 5.78. The number of sulfonamides is 1. The predicted molar refractivity (Wildman–Crippen MR) is 109 cm³/mol. The van der Waals surface area contributed by atoms with Gasteiger partial charge in [0.05, 0.1) is 17.7 Å². The molecule has 146 valence electrons. The number of benzene rings is 2. The molecule has 1 aromatic heterocycles. The molecule has 2 aromatic carbocycles. The third-order valence-corrected chi connectivity index (χ3v) is 6.66. The zero-order chi connectivity index (χ0) is 20.3. The molecule has 7 nitrogen and oxygen atoms in total. The molecular weight excluding hydrogens is 398 g/mol. The number of nitrogens with one attached hydrogen (secondary N) is 1. The summed E-state index contributed by atoms with van der Waals surface area (Å²) in [5.74, 6) is -0.0966. The third-order valence-electron chi connectivity index (χ3n) is 3.96. The molecule has 0 fully saturated rings. The van der Waals surface area contributed by atoms with Crippen LogP contribution in [0.15, 0.2) is 58.8 Å². The zero-order valence-corrected chi connectivity index (χ0v) is 17.2. The summed E-state index contributed by atoms with van der Waals surface area (Å²) in [6, 6.07) is 13.8. The van der Waals surface area contributed by atoms with Gasteiger partial charge in [0.2, 0.25) is 10.0 Å². The molecule has 3 rings (SSSR count). The van der Waals surface area contributed by atoms with Crippen LogP contribution in [0, 0.1) is 0 Å². The molecular formula is C19H19N3O4S2. The lowest BCUT2D eigenvalue weighted by Crippen LogP contribution is -2.22. The van der Waals surface area contributed by atoms with Gasteiger partial charge in [0.1, 0.15) is 16.5 Å². The van der Waals surface area contributed by atoms with Crippen LogP contribution in [0.1, 0.15) is 10.5 Å². The molecule has 0 unspecified atom stereocenters. The minimum Gasteiger partial charge on any atom is -0.495 e. The Hall–Kier alpha value is -2.75. The highest BCUT2D eigenvalue weighted by atomic mass is 32.2.